The summed E-state index contributed by atoms with van der Waals surface area (Å²) in [6, 6.07) is 11.5. The lowest BCUT2D eigenvalue weighted by atomic mass is 10.1. The van der Waals surface area contributed by atoms with Gasteiger partial charge in [0.05, 0.1) is 12.1 Å². The maximum absolute atomic E-state index is 11.4. The number of ether oxygens (including phenoxy) is 1. The number of nitrogen functional groups attached to an aromatic ring is 1. The molecule has 0 spiro atoms. The van der Waals surface area contributed by atoms with E-state index in [0.717, 1.165) is 23.4 Å². The molecule has 4 nitrogen and oxygen atoms in total. The molecule has 4 heteroatoms. The highest BCUT2D eigenvalue weighted by Crippen LogP contribution is 2.35. The zero-order valence-electron chi connectivity index (χ0n) is 11.3. The number of nitrogens with two attached hydrogens (primary N) is 1. The average molecular weight is 268 g/mol. The molecule has 3 N–H and O–H groups in total. The largest absolute Gasteiger partial charge is 0.455 e. The van der Waals surface area contributed by atoms with Crippen LogP contribution in [0.25, 0.3) is 0 Å². The lowest BCUT2D eigenvalue weighted by Crippen LogP contribution is -2.03. The molecule has 0 saturated heterocycles. The Morgan fingerprint density at radius 2 is 2.15 bits per heavy atom. The van der Waals surface area contributed by atoms with Gasteiger partial charge in [-0.15, -0.1) is 0 Å². The second kappa shape index (κ2) is 4.89. The summed E-state index contributed by atoms with van der Waals surface area (Å²) in [4.78, 5) is 11.4. The molecule has 0 aromatic heterocycles. The minimum atomic E-state index is -0.00969. The Morgan fingerprint density at radius 1 is 1.30 bits per heavy atom. The Hall–Kier alpha value is -2.49. The number of carbonyl (C=O) groups is 1. The highest BCUT2D eigenvalue weighted by Gasteiger charge is 2.20. The van der Waals surface area contributed by atoms with Crippen LogP contribution < -0.4 is 15.8 Å². The number of anilines is 2. The molecular weight excluding hydrogens is 252 g/mol. The molecule has 1 amide bonds. The maximum atomic E-state index is 11.4. The van der Waals surface area contributed by atoms with Crippen LogP contribution in [0.4, 0.5) is 11.4 Å². The molecule has 0 saturated carbocycles. The zero-order chi connectivity index (χ0) is 14.1. The molecule has 0 bridgehead atoms. The number of hydrogen-bond acceptors (Lipinski definition) is 3. The van der Waals surface area contributed by atoms with E-state index in [2.05, 4.69) is 18.3 Å². The van der Waals surface area contributed by atoms with Crippen LogP contribution in [0.3, 0.4) is 0 Å². The Balaban J connectivity index is 1.91. The zero-order valence-corrected chi connectivity index (χ0v) is 11.3. The van der Waals surface area contributed by atoms with Gasteiger partial charge in [0.25, 0.3) is 0 Å². The van der Waals surface area contributed by atoms with Crippen LogP contribution in [0, 0.1) is 0 Å². The van der Waals surface area contributed by atoms with Gasteiger partial charge in [0.1, 0.15) is 5.75 Å². The van der Waals surface area contributed by atoms with Crippen molar-refractivity contribution >= 4 is 17.3 Å². The second-order valence-corrected chi connectivity index (χ2v) is 4.88. The lowest BCUT2D eigenvalue weighted by Gasteiger charge is -2.11. The Kier molecular flexibility index (Phi) is 3.06. The first-order valence-electron chi connectivity index (χ1n) is 6.64. The number of amides is 1. The summed E-state index contributed by atoms with van der Waals surface area (Å²) in [6.07, 6.45) is 1.33. The third-order valence-corrected chi connectivity index (χ3v) is 3.40. The summed E-state index contributed by atoms with van der Waals surface area (Å²) in [7, 11) is 0. The molecule has 20 heavy (non-hydrogen) atoms. The highest BCUT2D eigenvalue weighted by atomic mass is 16.5. The van der Waals surface area contributed by atoms with Crippen molar-refractivity contribution in [1.82, 2.24) is 0 Å². The molecule has 0 aliphatic carbocycles. The van der Waals surface area contributed by atoms with Crippen molar-refractivity contribution in [3.8, 4) is 11.5 Å². The van der Waals surface area contributed by atoms with E-state index in [-0.39, 0.29) is 5.91 Å². The van der Waals surface area contributed by atoms with Gasteiger partial charge in [-0.05, 0) is 35.7 Å². The highest BCUT2D eigenvalue weighted by molar-refractivity contribution is 6.00. The molecule has 0 unspecified atom stereocenters. The van der Waals surface area contributed by atoms with Gasteiger partial charge in [0.15, 0.2) is 5.75 Å². The van der Waals surface area contributed by atoms with E-state index in [1.165, 1.54) is 5.56 Å². The lowest BCUT2D eigenvalue weighted by molar-refractivity contribution is -0.115. The first-order valence-corrected chi connectivity index (χ1v) is 6.64. The van der Waals surface area contributed by atoms with E-state index in [1.807, 2.05) is 18.2 Å². The molecule has 3 rings (SSSR count). The van der Waals surface area contributed by atoms with Crippen molar-refractivity contribution in [1.29, 1.82) is 0 Å². The molecule has 1 aliphatic rings. The van der Waals surface area contributed by atoms with Crippen LogP contribution in [-0.4, -0.2) is 5.91 Å². The van der Waals surface area contributed by atoms with E-state index >= 15 is 0 Å². The van der Waals surface area contributed by atoms with Gasteiger partial charge in [0.2, 0.25) is 5.91 Å². The van der Waals surface area contributed by atoms with E-state index in [1.54, 1.807) is 12.1 Å². The second-order valence-electron chi connectivity index (χ2n) is 4.88. The average Bonchev–Trinajstić information content (AvgIpc) is 2.78. The first kappa shape index (κ1) is 12.5. The SMILES string of the molecule is CCc1cccc(Oc2cc3c(cc2N)CC(=O)N3)c1. The monoisotopic (exact) mass is 268 g/mol. The molecule has 0 radical (unpaired) electrons. The number of nitrogens with one attached hydrogen (secondary N) is 1. The Morgan fingerprint density at radius 3 is 2.95 bits per heavy atom. The van der Waals surface area contributed by atoms with Crippen LogP contribution in [0.15, 0.2) is 36.4 Å². The minimum absolute atomic E-state index is 0.00969. The van der Waals surface area contributed by atoms with Gasteiger partial charge in [-0.3, -0.25) is 4.79 Å². The summed E-state index contributed by atoms with van der Waals surface area (Å²) < 4.78 is 5.84. The summed E-state index contributed by atoms with van der Waals surface area (Å²) in [5, 5.41) is 2.80. The topological polar surface area (TPSA) is 64.3 Å². The number of hydrogen-bond donors (Lipinski definition) is 2. The summed E-state index contributed by atoms with van der Waals surface area (Å²) in [5.41, 5.74) is 9.44. The third kappa shape index (κ3) is 2.32. The maximum Gasteiger partial charge on any atom is 0.228 e. The van der Waals surface area contributed by atoms with Crippen LogP contribution >= 0.6 is 0 Å². The van der Waals surface area contributed by atoms with Gasteiger partial charge >= 0.3 is 0 Å². The number of aryl methyl sites for hydroxylation is 1. The molecule has 0 atom stereocenters. The van der Waals surface area contributed by atoms with Crippen molar-refractivity contribution in [3.05, 3.63) is 47.5 Å². The predicted molar refractivity (Wildman–Crippen MR) is 79.1 cm³/mol. The van der Waals surface area contributed by atoms with E-state index in [0.29, 0.717) is 17.9 Å². The van der Waals surface area contributed by atoms with Crippen molar-refractivity contribution in [2.45, 2.75) is 19.8 Å². The van der Waals surface area contributed by atoms with E-state index < -0.39 is 0 Å². The smallest absolute Gasteiger partial charge is 0.228 e. The van der Waals surface area contributed by atoms with Gasteiger partial charge in [-0.2, -0.15) is 0 Å². The van der Waals surface area contributed by atoms with Crippen molar-refractivity contribution < 1.29 is 9.53 Å². The van der Waals surface area contributed by atoms with Gasteiger partial charge in [0, 0.05) is 11.8 Å². The van der Waals surface area contributed by atoms with Crippen molar-refractivity contribution in [2.24, 2.45) is 0 Å². The summed E-state index contributed by atoms with van der Waals surface area (Å²) >= 11 is 0. The standard InChI is InChI=1S/C16H16N2O2/c1-2-10-4-3-5-12(6-10)20-15-9-14-11(7-13(15)17)8-16(19)18-14/h3-7,9H,2,8,17H2,1H3,(H,18,19). The van der Waals surface area contributed by atoms with Gasteiger partial charge in [-0.25, -0.2) is 0 Å². The molecular formula is C16H16N2O2. The van der Waals surface area contributed by atoms with Crippen LogP contribution in [0.2, 0.25) is 0 Å². The predicted octanol–water partition coefficient (Wildman–Crippen LogP) is 3.12. The Labute approximate surface area is 117 Å². The summed E-state index contributed by atoms with van der Waals surface area (Å²) in [5.74, 6) is 1.31. The molecule has 1 aliphatic heterocycles. The van der Waals surface area contributed by atoms with Gasteiger partial charge in [-0.1, -0.05) is 19.1 Å². The fourth-order valence-corrected chi connectivity index (χ4v) is 2.32. The molecule has 0 fully saturated rings. The normalized spacial score (nSPS) is 12.9. The molecule has 2 aromatic rings. The number of benzene rings is 2. The fraction of sp³-hybridized carbons (Fsp3) is 0.188. The van der Waals surface area contributed by atoms with Gasteiger partial charge < -0.3 is 15.8 Å². The van der Waals surface area contributed by atoms with Crippen molar-refractivity contribution in [2.75, 3.05) is 11.1 Å². The molecule has 102 valence electrons. The van der Waals surface area contributed by atoms with Crippen LogP contribution in [-0.2, 0) is 17.6 Å². The Bertz CT molecular complexity index is 680. The summed E-state index contributed by atoms with van der Waals surface area (Å²) in [6.45, 7) is 2.10. The third-order valence-electron chi connectivity index (χ3n) is 3.40. The molecule has 1 heterocycles. The fourth-order valence-electron chi connectivity index (χ4n) is 2.32. The van der Waals surface area contributed by atoms with E-state index in [4.69, 9.17) is 10.5 Å². The van der Waals surface area contributed by atoms with Crippen molar-refractivity contribution in [3.63, 3.8) is 0 Å². The van der Waals surface area contributed by atoms with E-state index in [9.17, 15) is 4.79 Å². The van der Waals surface area contributed by atoms with Crippen LogP contribution in [0.5, 0.6) is 11.5 Å². The minimum Gasteiger partial charge on any atom is -0.455 e. The quantitative estimate of drug-likeness (QED) is 0.841. The molecule has 2 aromatic carbocycles. The number of fused-ring (bicyclic) bond motifs is 1. The number of carbonyl (C=O) groups excluding carboxylic acids is 1. The first-order chi connectivity index (χ1) is 9.65. The number of rotatable bonds is 3. The van der Waals surface area contributed by atoms with Crippen LogP contribution in [0.1, 0.15) is 18.1 Å².